The summed E-state index contributed by atoms with van der Waals surface area (Å²) in [5.41, 5.74) is 2.99. The maximum Gasteiger partial charge on any atom is 0.227 e. The molecular weight excluding hydrogens is 394 g/mol. The molecule has 1 aromatic heterocycles. The summed E-state index contributed by atoms with van der Waals surface area (Å²) in [7, 11) is 0. The highest BCUT2D eigenvalue weighted by Crippen LogP contribution is 2.21. The van der Waals surface area contributed by atoms with Gasteiger partial charge in [-0.1, -0.05) is 23.7 Å². The number of halogens is 1. The number of H-pyrrole nitrogens is 1. The third kappa shape index (κ3) is 6.06. The number of aromatic amines is 1. The van der Waals surface area contributed by atoms with Gasteiger partial charge < -0.3 is 25.0 Å². The van der Waals surface area contributed by atoms with Crippen molar-refractivity contribution < 1.29 is 19.4 Å². The summed E-state index contributed by atoms with van der Waals surface area (Å²) in [6.45, 7) is 1.59. The predicted molar refractivity (Wildman–Crippen MR) is 111 cm³/mol. The number of aliphatic hydroxyl groups excluding tert-OH is 1. The highest BCUT2D eigenvalue weighted by molar-refractivity contribution is 6.30. The Morgan fingerprint density at radius 2 is 2.03 bits per heavy atom. The van der Waals surface area contributed by atoms with Crippen LogP contribution in [0.2, 0.25) is 5.02 Å². The number of aryl methyl sites for hydroxylation is 1. The van der Waals surface area contributed by atoms with Gasteiger partial charge in [0, 0.05) is 42.5 Å². The Kier molecular flexibility index (Phi) is 7.69. The zero-order valence-electron chi connectivity index (χ0n) is 16.2. The van der Waals surface area contributed by atoms with Gasteiger partial charge in [-0.25, -0.2) is 0 Å². The summed E-state index contributed by atoms with van der Waals surface area (Å²) < 4.78 is 5.48. The van der Waals surface area contributed by atoms with E-state index >= 15 is 0 Å². The molecule has 0 radical (unpaired) electrons. The highest BCUT2D eigenvalue weighted by atomic mass is 35.5. The van der Waals surface area contributed by atoms with Crippen molar-refractivity contribution in [2.45, 2.75) is 12.8 Å². The van der Waals surface area contributed by atoms with Crippen LogP contribution in [0.15, 0.2) is 36.4 Å². The van der Waals surface area contributed by atoms with Crippen LogP contribution in [0.1, 0.15) is 12.1 Å². The van der Waals surface area contributed by atoms with Crippen molar-refractivity contribution in [2.75, 3.05) is 39.5 Å². The van der Waals surface area contributed by atoms with Crippen molar-refractivity contribution in [3.8, 4) is 11.3 Å². The number of carbonyl (C=O) groups is 2. The summed E-state index contributed by atoms with van der Waals surface area (Å²) in [6, 6.07) is 11.5. The fourth-order valence-electron chi connectivity index (χ4n) is 3.30. The average Bonchev–Trinajstić information content (AvgIpc) is 3.06. The lowest BCUT2D eigenvalue weighted by Gasteiger charge is -2.23. The average molecular weight is 420 g/mol. The summed E-state index contributed by atoms with van der Waals surface area (Å²) in [4.78, 5) is 29.9. The zero-order chi connectivity index (χ0) is 20.6. The molecule has 2 aromatic rings. The molecule has 1 saturated heterocycles. The number of carbonyl (C=O) groups excluding carboxylic acids is 2. The van der Waals surface area contributed by atoms with E-state index in [2.05, 4.69) is 10.3 Å². The van der Waals surface area contributed by atoms with Gasteiger partial charge in [0.2, 0.25) is 11.8 Å². The van der Waals surface area contributed by atoms with E-state index in [0.29, 0.717) is 37.6 Å². The molecule has 2 amide bonds. The summed E-state index contributed by atoms with van der Waals surface area (Å²) >= 11 is 5.93. The van der Waals surface area contributed by atoms with Gasteiger partial charge in [0.05, 0.1) is 25.7 Å². The van der Waals surface area contributed by atoms with Crippen LogP contribution in [0.4, 0.5) is 0 Å². The number of nitrogens with zero attached hydrogens (tertiary/aromatic N) is 1. The van der Waals surface area contributed by atoms with E-state index in [4.69, 9.17) is 21.4 Å². The number of nitrogens with one attached hydrogen (secondary N) is 2. The summed E-state index contributed by atoms with van der Waals surface area (Å²) in [5.74, 6) is -0.621. The molecule has 2 heterocycles. The van der Waals surface area contributed by atoms with Crippen molar-refractivity contribution in [2.24, 2.45) is 5.92 Å². The van der Waals surface area contributed by atoms with Crippen molar-refractivity contribution in [1.82, 2.24) is 15.2 Å². The Bertz CT molecular complexity index is 822. The van der Waals surface area contributed by atoms with Crippen LogP contribution >= 0.6 is 11.6 Å². The number of rotatable bonds is 7. The number of amides is 2. The molecule has 1 aromatic carbocycles. The maximum atomic E-state index is 12.7. The lowest BCUT2D eigenvalue weighted by Crippen LogP contribution is -2.42. The first kappa shape index (κ1) is 21.4. The van der Waals surface area contributed by atoms with Crippen LogP contribution in [0, 0.1) is 5.92 Å². The lowest BCUT2D eigenvalue weighted by atomic mass is 10.1. The molecule has 0 aliphatic carbocycles. The number of hydrogen-bond acceptors (Lipinski definition) is 4. The molecule has 3 N–H and O–H groups in total. The van der Waals surface area contributed by atoms with Crippen LogP contribution in [0.5, 0.6) is 0 Å². The van der Waals surface area contributed by atoms with E-state index in [-0.39, 0.29) is 31.6 Å². The third-order valence-corrected chi connectivity index (χ3v) is 5.16. The van der Waals surface area contributed by atoms with Gasteiger partial charge in [-0.3, -0.25) is 9.59 Å². The Hall–Kier alpha value is -2.35. The van der Waals surface area contributed by atoms with E-state index < -0.39 is 5.92 Å². The second kappa shape index (κ2) is 10.4. The third-order valence-electron chi connectivity index (χ3n) is 4.91. The molecule has 0 spiro atoms. The monoisotopic (exact) mass is 419 g/mol. The fraction of sp³-hybridized carbons (Fsp3) is 0.429. The van der Waals surface area contributed by atoms with E-state index in [1.807, 2.05) is 36.4 Å². The second-order valence-electron chi connectivity index (χ2n) is 7.03. The van der Waals surface area contributed by atoms with Gasteiger partial charge in [-0.05, 0) is 36.2 Å². The first-order chi connectivity index (χ1) is 14.1. The first-order valence-corrected chi connectivity index (χ1v) is 10.1. The number of aromatic nitrogens is 1. The maximum absolute atomic E-state index is 12.7. The molecule has 1 aliphatic rings. The van der Waals surface area contributed by atoms with E-state index in [9.17, 15) is 9.59 Å². The topological polar surface area (TPSA) is 94.7 Å². The van der Waals surface area contributed by atoms with Gasteiger partial charge in [0.15, 0.2) is 0 Å². The van der Waals surface area contributed by atoms with Gasteiger partial charge in [0.1, 0.15) is 0 Å². The Morgan fingerprint density at radius 1 is 1.24 bits per heavy atom. The van der Waals surface area contributed by atoms with Gasteiger partial charge in [0.25, 0.3) is 0 Å². The van der Waals surface area contributed by atoms with Crippen LogP contribution < -0.4 is 5.32 Å². The van der Waals surface area contributed by atoms with Gasteiger partial charge >= 0.3 is 0 Å². The zero-order valence-corrected chi connectivity index (χ0v) is 17.0. The summed E-state index contributed by atoms with van der Waals surface area (Å²) in [6.07, 6.45) is 0.941. The number of aliphatic hydroxyl groups is 1. The predicted octanol–water partition coefficient (Wildman–Crippen LogP) is 1.85. The molecule has 7 nitrogen and oxygen atoms in total. The molecule has 3 rings (SSSR count). The molecule has 0 bridgehead atoms. The smallest absolute Gasteiger partial charge is 0.227 e. The van der Waals surface area contributed by atoms with Crippen molar-refractivity contribution in [3.63, 3.8) is 0 Å². The molecule has 1 aliphatic heterocycles. The Labute approximate surface area is 175 Å². The van der Waals surface area contributed by atoms with Gasteiger partial charge in [-0.2, -0.15) is 0 Å². The van der Waals surface area contributed by atoms with Crippen LogP contribution in [-0.2, 0) is 20.7 Å². The molecule has 1 fully saturated rings. The van der Waals surface area contributed by atoms with E-state index in [1.165, 1.54) is 0 Å². The van der Waals surface area contributed by atoms with Crippen molar-refractivity contribution in [3.05, 3.63) is 47.1 Å². The first-order valence-electron chi connectivity index (χ1n) is 9.74. The van der Waals surface area contributed by atoms with Crippen LogP contribution in [0.3, 0.4) is 0 Å². The minimum Gasteiger partial charge on any atom is -0.395 e. The number of hydrogen-bond donors (Lipinski definition) is 3. The largest absolute Gasteiger partial charge is 0.395 e. The molecular formula is C21H26ClN3O4. The molecule has 156 valence electrons. The Balaban J connectivity index is 1.54. The lowest BCUT2D eigenvalue weighted by molar-refractivity contribution is -0.133. The number of ether oxygens (including phenoxy) is 1. The SMILES string of the molecule is O=C(NCCO)C1COCCN(C(=O)CCc2ccc(-c3ccc(Cl)cc3)[nH]2)C1. The van der Waals surface area contributed by atoms with Crippen LogP contribution in [0.25, 0.3) is 11.3 Å². The van der Waals surface area contributed by atoms with Gasteiger partial charge in [-0.15, -0.1) is 0 Å². The van der Waals surface area contributed by atoms with Crippen molar-refractivity contribution >= 4 is 23.4 Å². The number of benzene rings is 1. The molecule has 29 heavy (non-hydrogen) atoms. The van der Waals surface area contributed by atoms with Crippen LogP contribution in [-0.4, -0.2) is 66.3 Å². The highest BCUT2D eigenvalue weighted by Gasteiger charge is 2.27. The quantitative estimate of drug-likeness (QED) is 0.638. The van der Waals surface area contributed by atoms with E-state index in [0.717, 1.165) is 17.0 Å². The molecule has 8 heteroatoms. The molecule has 1 unspecified atom stereocenters. The minimum atomic E-state index is -0.421. The molecule has 1 atom stereocenters. The normalized spacial score (nSPS) is 17.0. The van der Waals surface area contributed by atoms with Crippen molar-refractivity contribution in [1.29, 1.82) is 0 Å². The molecule has 0 saturated carbocycles. The van der Waals surface area contributed by atoms with E-state index in [1.54, 1.807) is 4.90 Å². The Morgan fingerprint density at radius 3 is 2.79 bits per heavy atom. The second-order valence-corrected chi connectivity index (χ2v) is 7.47. The standard InChI is InChI=1S/C21H26ClN3O4/c22-17-3-1-15(2-4-17)19-7-5-18(24-19)6-8-20(27)25-10-12-29-14-16(13-25)21(28)23-9-11-26/h1-5,7,16,24,26H,6,8-14H2,(H,23,28). The fourth-order valence-corrected chi connectivity index (χ4v) is 3.43. The summed E-state index contributed by atoms with van der Waals surface area (Å²) in [5, 5.41) is 12.2. The minimum absolute atomic E-state index is 0.00176.